The Morgan fingerprint density at radius 3 is 1.96 bits per heavy atom. The molecule has 6 aromatic rings. The van der Waals surface area contributed by atoms with Gasteiger partial charge in [0, 0.05) is 40.4 Å². The van der Waals surface area contributed by atoms with Gasteiger partial charge in [0.25, 0.3) is 0 Å². The highest BCUT2D eigenvalue weighted by Crippen LogP contribution is 2.45. The number of phenols is 1. The zero-order chi connectivity index (χ0) is 39.8. The minimum atomic E-state index is -1.22. The molecular formula is C44H34N4O9. The lowest BCUT2D eigenvalue weighted by Gasteiger charge is -2.21. The fraction of sp³-hybridized carbons (Fsp3) is 0.114. The first-order valence-electron chi connectivity index (χ1n) is 17.8. The third-order valence-corrected chi connectivity index (χ3v) is 9.93. The molecule has 2 aromatic heterocycles. The van der Waals surface area contributed by atoms with Crippen molar-refractivity contribution in [3.8, 4) is 28.2 Å². The minimum Gasteiger partial charge on any atom is -0.507 e. The number of esters is 1. The second-order valence-electron chi connectivity index (χ2n) is 13.3. The first-order valence-corrected chi connectivity index (χ1v) is 17.8. The average molecular weight is 763 g/mol. The van der Waals surface area contributed by atoms with Crippen LogP contribution in [0, 0.1) is 0 Å². The number of methoxy groups -OCH3 is 1. The summed E-state index contributed by atoms with van der Waals surface area (Å²) in [7, 11) is 1.22. The average Bonchev–Trinajstić information content (AvgIpc) is 3.24. The highest BCUT2D eigenvalue weighted by molar-refractivity contribution is 6.10. The van der Waals surface area contributed by atoms with Gasteiger partial charge in [-0.1, -0.05) is 36.4 Å². The number of carbonyl (C=O) groups excluding carboxylic acids is 1. The Labute approximate surface area is 323 Å². The number of hydrogen-bond donors (Lipinski definition) is 6. The van der Waals surface area contributed by atoms with Crippen molar-refractivity contribution in [1.29, 1.82) is 0 Å². The van der Waals surface area contributed by atoms with E-state index in [0.29, 0.717) is 55.9 Å². The van der Waals surface area contributed by atoms with E-state index >= 15 is 0 Å². The van der Waals surface area contributed by atoms with Crippen LogP contribution in [-0.4, -0.2) is 49.4 Å². The van der Waals surface area contributed by atoms with Gasteiger partial charge in [-0.05, 0) is 72.3 Å². The van der Waals surface area contributed by atoms with Gasteiger partial charge >= 0.3 is 11.9 Å². The summed E-state index contributed by atoms with van der Waals surface area (Å²) < 4.78 is 11.8. The van der Waals surface area contributed by atoms with Crippen molar-refractivity contribution in [1.82, 2.24) is 9.97 Å². The number of para-hydroxylation sites is 2. The number of benzene rings is 5. The number of carboxylic acids is 1. The largest absolute Gasteiger partial charge is 0.507 e. The number of aromatic nitrogens is 2. The summed E-state index contributed by atoms with van der Waals surface area (Å²) in [4.78, 5) is 48.6. The van der Waals surface area contributed by atoms with Crippen LogP contribution in [0.3, 0.4) is 0 Å². The predicted molar refractivity (Wildman–Crippen MR) is 214 cm³/mol. The van der Waals surface area contributed by atoms with Crippen molar-refractivity contribution in [2.24, 2.45) is 0 Å². The molecule has 1 aliphatic carbocycles. The van der Waals surface area contributed by atoms with E-state index in [-0.39, 0.29) is 71.1 Å². The maximum atomic E-state index is 13.8. The molecule has 284 valence electrons. The molecule has 4 aromatic carbocycles. The zero-order valence-electron chi connectivity index (χ0n) is 30.4. The third kappa shape index (κ3) is 6.71. The molecule has 0 fully saturated rings. The number of carboxylic acid groups (broad SMARTS) is 1. The SMILES string of the molecule is COC(=O)c1ccc(C(=O)O)cc1-c1c2ccc(=O)c(CNc3cccc4ccc(CO)nc34)c-2oc2c(CNc3cccc4ccc(CO)nc34)c(O)ccc12. The summed E-state index contributed by atoms with van der Waals surface area (Å²) >= 11 is 0. The molecule has 0 spiro atoms. The topological polar surface area (TPSA) is 204 Å². The molecule has 0 saturated heterocycles. The van der Waals surface area contributed by atoms with Crippen molar-refractivity contribution >= 4 is 56.1 Å². The number of aromatic hydroxyl groups is 1. The Kier molecular flexibility index (Phi) is 9.67. The standard InChI is InChI=1S/C44H34N4O9/c1-56-44(55)28-13-10-25(43(53)54)18-31(28)38-29-14-16-36(51)32(19-45-34-6-2-4-23-8-11-26(21-49)47-39(23)34)41(29)57-42-30(38)15-17-37(52)33(42)20-46-35-7-3-5-24-9-12-27(22-50)48-40(24)35/h2-18,45-46,49-51H,19-22H2,1H3,(H,53,54). The molecule has 3 heterocycles. The van der Waals surface area contributed by atoms with E-state index in [1.807, 2.05) is 42.5 Å². The lowest BCUT2D eigenvalue weighted by atomic mass is 9.87. The number of nitrogens with one attached hydrogen (secondary N) is 2. The fourth-order valence-corrected chi connectivity index (χ4v) is 7.11. The predicted octanol–water partition coefficient (Wildman–Crippen LogP) is 7.06. The Morgan fingerprint density at radius 1 is 0.737 bits per heavy atom. The molecule has 13 heteroatoms. The van der Waals surface area contributed by atoms with Crippen LogP contribution in [0.15, 0.2) is 112 Å². The van der Waals surface area contributed by atoms with Gasteiger partial charge in [-0.25, -0.2) is 19.6 Å². The number of anilines is 2. The number of rotatable bonds is 11. The van der Waals surface area contributed by atoms with Gasteiger partial charge in [-0.3, -0.25) is 4.79 Å². The third-order valence-electron chi connectivity index (χ3n) is 9.93. The molecule has 13 nitrogen and oxygen atoms in total. The molecule has 0 unspecified atom stereocenters. The van der Waals surface area contributed by atoms with Crippen LogP contribution < -0.4 is 16.1 Å². The second-order valence-corrected chi connectivity index (χ2v) is 13.3. The quantitative estimate of drug-likeness (QED) is 0.0578. The van der Waals surface area contributed by atoms with Crippen LogP contribution in [-0.2, 0) is 31.0 Å². The van der Waals surface area contributed by atoms with Crippen molar-refractivity contribution in [3.63, 3.8) is 0 Å². The first-order chi connectivity index (χ1) is 27.7. The van der Waals surface area contributed by atoms with Gasteiger partial charge in [0.2, 0.25) is 0 Å². The van der Waals surface area contributed by atoms with Gasteiger partial charge in [-0.15, -0.1) is 0 Å². The Morgan fingerprint density at radius 2 is 1.37 bits per heavy atom. The number of fused-ring (bicyclic) bond motifs is 4. The number of carbonyl (C=O) groups is 2. The number of aliphatic hydroxyl groups excluding tert-OH is 2. The van der Waals surface area contributed by atoms with E-state index in [4.69, 9.17) is 9.15 Å². The molecular weight excluding hydrogens is 729 g/mol. The highest BCUT2D eigenvalue weighted by atomic mass is 16.5. The van der Waals surface area contributed by atoms with Gasteiger partial charge < -0.3 is 40.2 Å². The molecule has 0 saturated carbocycles. The highest BCUT2D eigenvalue weighted by Gasteiger charge is 2.28. The normalized spacial score (nSPS) is 11.4. The summed E-state index contributed by atoms with van der Waals surface area (Å²) in [6, 6.07) is 28.3. The van der Waals surface area contributed by atoms with E-state index in [1.54, 1.807) is 30.3 Å². The summed E-state index contributed by atoms with van der Waals surface area (Å²) in [5, 5.41) is 49.7. The number of pyridine rings is 2. The van der Waals surface area contributed by atoms with Crippen LogP contribution in [0.2, 0.25) is 0 Å². The summed E-state index contributed by atoms with van der Waals surface area (Å²) in [5.74, 6) is -1.95. The number of phenolic OH excluding ortho intramolecular Hbond substituents is 1. The van der Waals surface area contributed by atoms with Crippen LogP contribution in [0.25, 0.3) is 55.2 Å². The first kappa shape index (κ1) is 36.6. The van der Waals surface area contributed by atoms with Gasteiger partial charge in [0.15, 0.2) is 5.43 Å². The van der Waals surface area contributed by atoms with E-state index < -0.39 is 11.9 Å². The minimum absolute atomic E-state index is 0.000302. The fourth-order valence-electron chi connectivity index (χ4n) is 7.11. The lowest BCUT2D eigenvalue weighted by molar-refractivity contribution is 0.0599. The molecule has 0 atom stereocenters. The molecule has 0 amide bonds. The monoisotopic (exact) mass is 762 g/mol. The van der Waals surface area contributed by atoms with Crippen molar-refractivity contribution in [2.45, 2.75) is 26.3 Å². The number of ether oxygens (including phenoxy) is 1. The second kappa shape index (κ2) is 15.1. The summed E-state index contributed by atoms with van der Waals surface area (Å²) in [5.41, 5.74) is 4.57. The smallest absolute Gasteiger partial charge is 0.338 e. The zero-order valence-corrected chi connectivity index (χ0v) is 30.4. The van der Waals surface area contributed by atoms with Gasteiger partial charge in [-0.2, -0.15) is 0 Å². The van der Waals surface area contributed by atoms with Crippen molar-refractivity contribution < 1.29 is 39.2 Å². The van der Waals surface area contributed by atoms with Crippen LogP contribution in [0.1, 0.15) is 43.2 Å². The van der Waals surface area contributed by atoms with E-state index in [1.165, 1.54) is 37.4 Å². The van der Waals surface area contributed by atoms with Gasteiger partial charge in [0.1, 0.15) is 17.1 Å². The van der Waals surface area contributed by atoms with Gasteiger partial charge in [0.05, 0.1) is 76.4 Å². The lowest BCUT2D eigenvalue weighted by Crippen LogP contribution is -2.15. The van der Waals surface area contributed by atoms with E-state index in [0.717, 1.165) is 10.8 Å². The molecule has 8 rings (SSSR count). The number of aromatic carboxylic acids is 1. The summed E-state index contributed by atoms with van der Waals surface area (Å²) in [6.45, 7) is -0.552. The molecule has 57 heavy (non-hydrogen) atoms. The van der Waals surface area contributed by atoms with Crippen LogP contribution >= 0.6 is 0 Å². The van der Waals surface area contributed by atoms with Crippen LogP contribution in [0.5, 0.6) is 5.75 Å². The maximum absolute atomic E-state index is 13.8. The molecule has 2 aliphatic rings. The van der Waals surface area contributed by atoms with Crippen molar-refractivity contribution in [2.75, 3.05) is 17.7 Å². The van der Waals surface area contributed by atoms with E-state index in [2.05, 4.69) is 20.6 Å². The Hall–Kier alpha value is -7.35. The number of hydrogen-bond acceptors (Lipinski definition) is 12. The summed E-state index contributed by atoms with van der Waals surface area (Å²) in [6.07, 6.45) is 0. The molecule has 6 N–H and O–H groups in total. The molecule has 0 radical (unpaired) electrons. The van der Waals surface area contributed by atoms with E-state index in [9.17, 15) is 34.8 Å². The number of aliphatic hydroxyl groups is 2. The maximum Gasteiger partial charge on any atom is 0.338 e. The molecule has 1 aliphatic heterocycles. The Balaban J connectivity index is 1.35. The van der Waals surface area contributed by atoms with Crippen LogP contribution in [0.4, 0.5) is 11.4 Å². The molecule has 0 bridgehead atoms. The van der Waals surface area contributed by atoms with Crippen molar-refractivity contribution in [3.05, 3.63) is 147 Å². The Bertz CT molecular complexity index is 2920. The number of nitrogens with zero attached hydrogens (tertiary/aromatic N) is 2.